The van der Waals surface area contributed by atoms with E-state index in [2.05, 4.69) is 61.1 Å². The maximum absolute atomic E-state index is 4.62. The van der Waals surface area contributed by atoms with Crippen molar-refractivity contribution in [1.29, 1.82) is 0 Å². The monoisotopic (exact) mass is 373 g/mol. The zero-order chi connectivity index (χ0) is 18.1. The van der Waals surface area contributed by atoms with Crippen LogP contribution in [0, 0.1) is 0 Å². The Kier molecular flexibility index (Phi) is 4.18. The minimum Gasteiger partial charge on any atom is -0.353 e. The van der Waals surface area contributed by atoms with Crippen molar-refractivity contribution in [2.24, 2.45) is 0 Å². The van der Waals surface area contributed by atoms with Gasteiger partial charge in [0.2, 0.25) is 0 Å². The van der Waals surface area contributed by atoms with Crippen LogP contribution in [-0.2, 0) is 0 Å². The van der Waals surface area contributed by atoms with Crippen LogP contribution in [-0.4, -0.2) is 41.1 Å². The van der Waals surface area contributed by atoms with Gasteiger partial charge in [-0.2, -0.15) is 0 Å². The minimum absolute atomic E-state index is 0.930. The summed E-state index contributed by atoms with van der Waals surface area (Å²) in [5.41, 5.74) is 1.23. The molecule has 1 aromatic carbocycles. The topological polar surface area (TPSA) is 45.2 Å². The van der Waals surface area contributed by atoms with E-state index in [1.54, 1.807) is 17.7 Å². The van der Waals surface area contributed by atoms with Gasteiger partial charge in [-0.25, -0.2) is 15.0 Å². The molecule has 4 heterocycles. The molecule has 6 heteroatoms. The normalized spacial score (nSPS) is 14.7. The Hall–Kier alpha value is -2.99. The molecule has 0 unspecified atom stereocenters. The van der Waals surface area contributed by atoms with Gasteiger partial charge >= 0.3 is 0 Å². The molecule has 5 rings (SSSR count). The number of hydrogen-bond donors (Lipinski definition) is 0. The standard InChI is InChI=1S/C21H19N5S/c1-2-6-16(7-3-1)18-14-17-20(23-15-24-21(17)27-18)26-12-10-25(11-13-26)19-8-4-5-9-22-19/h1-9,14-15H,10-13H2. The summed E-state index contributed by atoms with van der Waals surface area (Å²) in [6.07, 6.45) is 3.54. The molecule has 1 saturated heterocycles. The van der Waals surface area contributed by atoms with Crippen molar-refractivity contribution < 1.29 is 0 Å². The molecule has 0 amide bonds. The van der Waals surface area contributed by atoms with Crippen LogP contribution in [0.25, 0.3) is 20.7 Å². The first-order chi connectivity index (χ1) is 13.4. The van der Waals surface area contributed by atoms with Crippen molar-refractivity contribution >= 4 is 33.2 Å². The third-order valence-electron chi connectivity index (χ3n) is 4.92. The van der Waals surface area contributed by atoms with E-state index in [0.717, 1.165) is 48.0 Å². The molecule has 0 saturated carbocycles. The molecule has 0 aliphatic carbocycles. The molecule has 1 aliphatic heterocycles. The van der Waals surface area contributed by atoms with Crippen LogP contribution in [0.1, 0.15) is 0 Å². The van der Waals surface area contributed by atoms with Gasteiger partial charge in [-0.05, 0) is 23.8 Å². The number of pyridine rings is 1. The van der Waals surface area contributed by atoms with E-state index in [-0.39, 0.29) is 0 Å². The lowest BCUT2D eigenvalue weighted by atomic mass is 10.2. The van der Waals surface area contributed by atoms with E-state index in [1.165, 1.54) is 10.4 Å². The van der Waals surface area contributed by atoms with Crippen molar-refractivity contribution in [3.63, 3.8) is 0 Å². The zero-order valence-corrected chi connectivity index (χ0v) is 15.6. The fourth-order valence-corrected chi connectivity index (χ4v) is 4.53. The largest absolute Gasteiger partial charge is 0.353 e. The Morgan fingerprint density at radius 2 is 1.56 bits per heavy atom. The molecule has 0 N–H and O–H groups in total. The minimum atomic E-state index is 0.930. The second kappa shape index (κ2) is 6.96. The Morgan fingerprint density at radius 1 is 0.778 bits per heavy atom. The smallest absolute Gasteiger partial charge is 0.140 e. The first kappa shape index (κ1) is 16.2. The van der Waals surface area contributed by atoms with Crippen molar-refractivity contribution in [1.82, 2.24) is 15.0 Å². The molecular weight excluding hydrogens is 354 g/mol. The van der Waals surface area contributed by atoms with Gasteiger partial charge in [0.25, 0.3) is 0 Å². The van der Waals surface area contributed by atoms with Gasteiger partial charge in [0.1, 0.15) is 22.8 Å². The second-order valence-electron chi connectivity index (χ2n) is 6.55. The van der Waals surface area contributed by atoms with Crippen LogP contribution in [0.15, 0.2) is 67.1 Å². The Morgan fingerprint density at radius 3 is 2.33 bits per heavy atom. The lowest BCUT2D eigenvalue weighted by Gasteiger charge is -2.36. The SMILES string of the molecule is c1ccc(-c2cc3c(N4CCN(c5ccccn5)CC4)ncnc3s2)cc1. The summed E-state index contributed by atoms with van der Waals surface area (Å²) in [5, 5.41) is 1.15. The molecule has 134 valence electrons. The molecule has 0 spiro atoms. The number of piperazine rings is 1. The first-order valence-electron chi connectivity index (χ1n) is 9.09. The Labute approximate surface area is 162 Å². The van der Waals surface area contributed by atoms with Crippen LogP contribution < -0.4 is 9.80 Å². The summed E-state index contributed by atoms with van der Waals surface area (Å²) in [5.74, 6) is 2.09. The van der Waals surface area contributed by atoms with Crippen molar-refractivity contribution in [2.75, 3.05) is 36.0 Å². The second-order valence-corrected chi connectivity index (χ2v) is 7.59. The quantitative estimate of drug-likeness (QED) is 0.541. The molecule has 0 bridgehead atoms. The summed E-state index contributed by atoms with van der Waals surface area (Å²) >= 11 is 1.73. The summed E-state index contributed by atoms with van der Waals surface area (Å²) in [4.78, 5) is 20.6. The van der Waals surface area contributed by atoms with Gasteiger partial charge in [0, 0.05) is 37.3 Å². The van der Waals surface area contributed by atoms with Crippen LogP contribution in [0.4, 0.5) is 11.6 Å². The van der Waals surface area contributed by atoms with E-state index < -0.39 is 0 Å². The van der Waals surface area contributed by atoms with E-state index in [0.29, 0.717) is 0 Å². The van der Waals surface area contributed by atoms with Gasteiger partial charge in [-0.3, -0.25) is 0 Å². The van der Waals surface area contributed by atoms with Crippen LogP contribution in [0.2, 0.25) is 0 Å². The number of fused-ring (bicyclic) bond motifs is 1. The number of anilines is 2. The summed E-state index contributed by atoms with van der Waals surface area (Å²) in [6.45, 7) is 3.74. The summed E-state index contributed by atoms with van der Waals surface area (Å²) in [6, 6.07) is 18.8. The average molecular weight is 373 g/mol. The van der Waals surface area contributed by atoms with E-state index in [1.807, 2.05) is 24.4 Å². The lowest BCUT2D eigenvalue weighted by Crippen LogP contribution is -2.47. The number of aromatic nitrogens is 3. The molecule has 3 aromatic heterocycles. The Balaban J connectivity index is 1.42. The van der Waals surface area contributed by atoms with E-state index >= 15 is 0 Å². The van der Waals surface area contributed by atoms with Crippen LogP contribution in [0.5, 0.6) is 0 Å². The fourth-order valence-electron chi connectivity index (χ4n) is 3.53. The highest BCUT2D eigenvalue weighted by Crippen LogP contribution is 2.36. The van der Waals surface area contributed by atoms with Crippen molar-refractivity contribution in [3.8, 4) is 10.4 Å². The van der Waals surface area contributed by atoms with Gasteiger partial charge in [0.05, 0.1) is 5.39 Å². The van der Waals surface area contributed by atoms with Gasteiger partial charge in [0.15, 0.2) is 0 Å². The Bertz CT molecular complexity index is 1040. The predicted molar refractivity (Wildman–Crippen MR) is 112 cm³/mol. The third-order valence-corrected chi connectivity index (χ3v) is 6.01. The van der Waals surface area contributed by atoms with E-state index in [9.17, 15) is 0 Å². The van der Waals surface area contributed by atoms with Gasteiger partial charge in [-0.1, -0.05) is 36.4 Å². The van der Waals surface area contributed by atoms with Crippen LogP contribution >= 0.6 is 11.3 Å². The van der Waals surface area contributed by atoms with Gasteiger partial charge in [-0.15, -0.1) is 11.3 Å². The van der Waals surface area contributed by atoms with Crippen molar-refractivity contribution in [3.05, 3.63) is 67.1 Å². The molecule has 27 heavy (non-hydrogen) atoms. The molecular formula is C21H19N5S. The summed E-state index contributed by atoms with van der Waals surface area (Å²) in [7, 11) is 0. The molecule has 1 aliphatic rings. The van der Waals surface area contributed by atoms with Crippen molar-refractivity contribution in [2.45, 2.75) is 0 Å². The molecule has 0 radical (unpaired) electrons. The third kappa shape index (κ3) is 3.13. The maximum Gasteiger partial charge on any atom is 0.140 e. The van der Waals surface area contributed by atoms with Gasteiger partial charge < -0.3 is 9.80 Å². The number of hydrogen-bond acceptors (Lipinski definition) is 6. The number of benzene rings is 1. The molecule has 5 nitrogen and oxygen atoms in total. The number of rotatable bonds is 3. The number of thiophene rings is 1. The summed E-state index contributed by atoms with van der Waals surface area (Å²) < 4.78 is 0. The molecule has 4 aromatic rings. The average Bonchev–Trinajstić information content (AvgIpc) is 3.20. The molecule has 1 fully saturated rings. The fraction of sp³-hybridized carbons (Fsp3) is 0.190. The van der Waals surface area contributed by atoms with Crippen LogP contribution in [0.3, 0.4) is 0 Å². The number of nitrogens with zero attached hydrogens (tertiary/aromatic N) is 5. The zero-order valence-electron chi connectivity index (χ0n) is 14.8. The highest BCUT2D eigenvalue weighted by molar-refractivity contribution is 7.21. The van der Waals surface area contributed by atoms with E-state index in [4.69, 9.17) is 0 Å². The molecule has 0 atom stereocenters. The highest BCUT2D eigenvalue weighted by atomic mass is 32.1. The first-order valence-corrected chi connectivity index (χ1v) is 9.91. The predicted octanol–water partition coefficient (Wildman–Crippen LogP) is 4.08. The lowest BCUT2D eigenvalue weighted by molar-refractivity contribution is 0.643. The maximum atomic E-state index is 4.62. The highest BCUT2D eigenvalue weighted by Gasteiger charge is 2.21.